The van der Waals surface area contributed by atoms with Gasteiger partial charge < -0.3 is 20.5 Å². The number of nitrogens with one attached hydrogen (secondary N) is 1. The minimum absolute atomic E-state index is 0. The standard InChI is InChI=1S/C17H28N2O3.ClH/c1-12(2)10-17(3,11-18)19-16(20)9-13-8-14(21-4)6-7-15(13)22-5;/h6-8,12H,9-11,18H2,1-5H3,(H,19,20);1H. The van der Waals surface area contributed by atoms with Gasteiger partial charge in [-0.3, -0.25) is 4.79 Å². The molecule has 0 saturated heterocycles. The first-order valence-electron chi connectivity index (χ1n) is 7.55. The predicted octanol–water partition coefficient (Wildman–Crippen LogP) is 2.55. The van der Waals surface area contributed by atoms with E-state index in [0.717, 1.165) is 12.0 Å². The lowest BCUT2D eigenvalue weighted by Gasteiger charge is -2.31. The highest BCUT2D eigenvalue weighted by Crippen LogP contribution is 2.25. The van der Waals surface area contributed by atoms with Gasteiger partial charge in [0.25, 0.3) is 0 Å². The zero-order valence-corrected chi connectivity index (χ0v) is 15.5. The smallest absolute Gasteiger partial charge is 0.225 e. The van der Waals surface area contributed by atoms with Crippen LogP contribution in [0.5, 0.6) is 11.5 Å². The maximum absolute atomic E-state index is 12.4. The molecule has 0 fully saturated rings. The molecule has 0 bridgehead atoms. The molecule has 1 atom stereocenters. The molecule has 1 rings (SSSR count). The minimum Gasteiger partial charge on any atom is -0.497 e. The monoisotopic (exact) mass is 344 g/mol. The lowest BCUT2D eigenvalue weighted by atomic mass is 9.90. The van der Waals surface area contributed by atoms with Gasteiger partial charge >= 0.3 is 0 Å². The van der Waals surface area contributed by atoms with Gasteiger partial charge in [-0.05, 0) is 37.5 Å². The summed E-state index contributed by atoms with van der Waals surface area (Å²) in [7, 11) is 3.19. The Kier molecular flexibility index (Phi) is 9.02. The number of rotatable bonds is 8. The van der Waals surface area contributed by atoms with Crippen molar-refractivity contribution in [2.75, 3.05) is 20.8 Å². The van der Waals surface area contributed by atoms with E-state index in [0.29, 0.717) is 24.0 Å². The van der Waals surface area contributed by atoms with Gasteiger partial charge in [0.15, 0.2) is 0 Å². The van der Waals surface area contributed by atoms with Crippen molar-refractivity contribution in [3.05, 3.63) is 23.8 Å². The third-order valence-corrected chi connectivity index (χ3v) is 3.59. The molecule has 0 aliphatic heterocycles. The Labute approximate surface area is 145 Å². The SMILES string of the molecule is COc1ccc(OC)c(CC(=O)NC(C)(CN)CC(C)C)c1.Cl. The van der Waals surface area contributed by atoms with E-state index >= 15 is 0 Å². The van der Waals surface area contributed by atoms with Crippen LogP contribution in [0.4, 0.5) is 0 Å². The van der Waals surface area contributed by atoms with Crippen LogP contribution in [-0.2, 0) is 11.2 Å². The number of carbonyl (C=O) groups is 1. The van der Waals surface area contributed by atoms with Crippen LogP contribution in [0.3, 0.4) is 0 Å². The fraction of sp³-hybridized carbons (Fsp3) is 0.588. The van der Waals surface area contributed by atoms with Crippen LogP contribution in [0.25, 0.3) is 0 Å². The molecule has 0 heterocycles. The molecule has 0 saturated carbocycles. The summed E-state index contributed by atoms with van der Waals surface area (Å²) in [6.45, 7) is 6.62. The molecule has 1 unspecified atom stereocenters. The Bertz CT molecular complexity index is 509. The summed E-state index contributed by atoms with van der Waals surface area (Å²) in [5, 5.41) is 3.05. The van der Waals surface area contributed by atoms with Gasteiger partial charge in [0.05, 0.1) is 20.6 Å². The van der Waals surface area contributed by atoms with Crippen molar-refractivity contribution >= 4 is 18.3 Å². The lowest BCUT2D eigenvalue weighted by molar-refractivity contribution is -0.122. The molecule has 0 aliphatic carbocycles. The molecule has 0 aliphatic rings. The predicted molar refractivity (Wildman–Crippen MR) is 95.6 cm³/mol. The molecule has 0 aromatic heterocycles. The Morgan fingerprint density at radius 1 is 1.30 bits per heavy atom. The van der Waals surface area contributed by atoms with Gasteiger partial charge in [-0.15, -0.1) is 12.4 Å². The minimum atomic E-state index is -0.392. The summed E-state index contributed by atoms with van der Waals surface area (Å²) in [4.78, 5) is 12.4. The summed E-state index contributed by atoms with van der Waals surface area (Å²) in [5.41, 5.74) is 6.24. The second-order valence-electron chi connectivity index (χ2n) is 6.27. The third kappa shape index (κ3) is 6.67. The van der Waals surface area contributed by atoms with Crippen molar-refractivity contribution in [2.24, 2.45) is 11.7 Å². The van der Waals surface area contributed by atoms with Crippen LogP contribution in [0.2, 0.25) is 0 Å². The molecule has 0 spiro atoms. The first-order valence-corrected chi connectivity index (χ1v) is 7.55. The molecular weight excluding hydrogens is 316 g/mol. The summed E-state index contributed by atoms with van der Waals surface area (Å²) in [6, 6.07) is 5.43. The largest absolute Gasteiger partial charge is 0.497 e. The van der Waals surface area contributed by atoms with E-state index in [2.05, 4.69) is 19.2 Å². The Balaban J connectivity index is 0.00000484. The van der Waals surface area contributed by atoms with Crippen LogP contribution in [0.1, 0.15) is 32.8 Å². The van der Waals surface area contributed by atoms with Gasteiger partial charge in [0, 0.05) is 17.6 Å². The lowest BCUT2D eigenvalue weighted by Crippen LogP contribution is -2.52. The molecule has 5 nitrogen and oxygen atoms in total. The number of carbonyl (C=O) groups excluding carboxylic acids is 1. The summed E-state index contributed by atoms with van der Waals surface area (Å²) in [6.07, 6.45) is 1.07. The van der Waals surface area contributed by atoms with Crippen molar-refractivity contribution in [2.45, 2.75) is 39.2 Å². The number of methoxy groups -OCH3 is 2. The summed E-state index contributed by atoms with van der Waals surface area (Å²) in [5.74, 6) is 1.77. The van der Waals surface area contributed by atoms with Crippen LogP contribution in [-0.4, -0.2) is 32.2 Å². The van der Waals surface area contributed by atoms with Crippen molar-refractivity contribution in [3.8, 4) is 11.5 Å². The van der Waals surface area contributed by atoms with Crippen LogP contribution in [0, 0.1) is 5.92 Å². The molecule has 132 valence electrons. The molecule has 3 N–H and O–H groups in total. The number of amides is 1. The van der Waals surface area contributed by atoms with Crippen molar-refractivity contribution in [1.82, 2.24) is 5.32 Å². The Hall–Kier alpha value is -1.46. The molecule has 1 amide bonds. The first-order chi connectivity index (χ1) is 10.3. The second-order valence-corrected chi connectivity index (χ2v) is 6.27. The normalized spacial score (nSPS) is 13.0. The molecule has 1 aromatic carbocycles. The third-order valence-electron chi connectivity index (χ3n) is 3.59. The highest BCUT2D eigenvalue weighted by atomic mass is 35.5. The highest BCUT2D eigenvalue weighted by Gasteiger charge is 2.26. The maximum atomic E-state index is 12.4. The van der Waals surface area contributed by atoms with Gasteiger partial charge in [-0.1, -0.05) is 13.8 Å². The zero-order valence-electron chi connectivity index (χ0n) is 14.6. The topological polar surface area (TPSA) is 73.6 Å². The van der Waals surface area contributed by atoms with Gasteiger partial charge in [0.2, 0.25) is 5.91 Å². The van der Waals surface area contributed by atoms with Crippen molar-refractivity contribution in [3.63, 3.8) is 0 Å². The van der Waals surface area contributed by atoms with E-state index in [4.69, 9.17) is 15.2 Å². The van der Waals surface area contributed by atoms with Crippen LogP contribution in [0.15, 0.2) is 18.2 Å². The van der Waals surface area contributed by atoms with Crippen molar-refractivity contribution in [1.29, 1.82) is 0 Å². The molecule has 6 heteroatoms. The molecule has 0 radical (unpaired) electrons. The number of hydrogen-bond donors (Lipinski definition) is 2. The summed E-state index contributed by atoms with van der Waals surface area (Å²) < 4.78 is 10.5. The van der Waals surface area contributed by atoms with Gasteiger partial charge in [-0.25, -0.2) is 0 Å². The maximum Gasteiger partial charge on any atom is 0.225 e. The Morgan fingerprint density at radius 2 is 1.96 bits per heavy atom. The number of halogens is 1. The number of hydrogen-bond acceptors (Lipinski definition) is 4. The fourth-order valence-electron chi connectivity index (χ4n) is 2.66. The van der Waals surface area contributed by atoms with E-state index in [-0.39, 0.29) is 24.7 Å². The van der Waals surface area contributed by atoms with E-state index < -0.39 is 5.54 Å². The van der Waals surface area contributed by atoms with E-state index in [9.17, 15) is 4.79 Å². The fourth-order valence-corrected chi connectivity index (χ4v) is 2.66. The van der Waals surface area contributed by atoms with E-state index in [1.807, 2.05) is 19.1 Å². The van der Waals surface area contributed by atoms with E-state index in [1.165, 1.54) is 0 Å². The zero-order chi connectivity index (χ0) is 16.8. The average molecular weight is 345 g/mol. The molecule has 23 heavy (non-hydrogen) atoms. The molecule has 1 aromatic rings. The van der Waals surface area contributed by atoms with Gasteiger partial charge in [-0.2, -0.15) is 0 Å². The average Bonchev–Trinajstić information content (AvgIpc) is 2.46. The van der Waals surface area contributed by atoms with Gasteiger partial charge in [0.1, 0.15) is 11.5 Å². The van der Waals surface area contributed by atoms with Crippen molar-refractivity contribution < 1.29 is 14.3 Å². The quantitative estimate of drug-likeness (QED) is 0.760. The highest BCUT2D eigenvalue weighted by molar-refractivity contribution is 5.85. The van der Waals surface area contributed by atoms with E-state index in [1.54, 1.807) is 20.3 Å². The second kappa shape index (κ2) is 9.63. The molecular formula is C17H29ClN2O3. The van der Waals surface area contributed by atoms with Crippen LogP contribution >= 0.6 is 12.4 Å². The number of benzene rings is 1. The number of ether oxygens (including phenoxy) is 2. The first kappa shape index (κ1) is 21.5. The number of nitrogens with two attached hydrogens (primary N) is 1. The van der Waals surface area contributed by atoms with Crippen LogP contribution < -0.4 is 20.5 Å². The summed E-state index contributed by atoms with van der Waals surface area (Å²) >= 11 is 0. The Morgan fingerprint density at radius 3 is 2.43 bits per heavy atom.